The van der Waals surface area contributed by atoms with E-state index in [0.717, 1.165) is 24.8 Å². The lowest BCUT2D eigenvalue weighted by Crippen LogP contribution is -2.48. The highest BCUT2D eigenvalue weighted by atomic mass is 32.2. The summed E-state index contributed by atoms with van der Waals surface area (Å²) < 4.78 is 26.8. The van der Waals surface area contributed by atoms with E-state index in [1.54, 1.807) is 12.1 Å². The summed E-state index contributed by atoms with van der Waals surface area (Å²) in [4.78, 5) is 12.3. The number of hydrogen-bond acceptors (Lipinski definition) is 3. The van der Waals surface area contributed by atoms with Crippen molar-refractivity contribution in [1.29, 1.82) is 0 Å². The summed E-state index contributed by atoms with van der Waals surface area (Å²) in [5.41, 5.74) is 1.04. The van der Waals surface area contributed by atoms with Crippen molar-refractivity contribution in [3.05, 3.63) is 29.8 Å². The van der Waals surface area contributed by atoms with Crippen LogP contribution in [0.1, 0.15) is 37.7 Å². The molecule has 0 unspecified atom stereocenters. The second kappa shape index (κ2) is 6.61. The molecule has 1 saturated heterocycles. The van der Waals surface area contributed by atoms with Crippen LogP contribution in [0.4, 0.5) is 0 Å². The van der Waals surface area contributed by atoms with Crippen LogP contribution in [0.5, 0.6) is 0 Å². The van der Waals surface area contributed by atoms with Crippen LogP contribution < -0.4 is 5.32 Å². The maximum Gasteiger partial charge on any atom is 0.243 e. The maximum atomic E-state index is 12.6. The van der Waals surface area contributed by atoms with Gasteiger partial charge in [-0.2, -0.15) is 4.31 Å². The number of benzene rings is 1. The Kier molecular flexibility index (Phi) is 4.73. The van der Waals surface area contributed by atoms with Crippen LogP contribution in [0, 0.1) is 12.8 Å². The number of carbonyl (C=O) groups is 1. The molecule has 1 amide bonds. The summed E-state index contributed by atoms with van der Waals surface area (Å²) in [7, 11) is -3.42. The first kappa shape index (κ1) is 16.5. The molecular weight excluding hydrogens is 312 g/mol. The van der Waals surface area contributed by atoms with Gasteiger partial charge in [-0.15, -0.1) is 0 Å². The van der Waals surface area contributed by atoms with Gasteiger partial charge >= 0.3 is 0 Å². The van der Waals surface area contributed by atoms with E-state index in [1.165, 1.54) is 4.31 Å². The van der Waals surface area contributed by atoms with Crippen LogP contribution >= 0.6 is 0 Å². The number of piperidine rings is 1. The average molecular weight is 336 g/mol. The third-order valence-electron chi connectivity index (χ3n) is 4.94. The predicted octanol–water partition coefficient (Wildman–Crippen LogP) is 2.06. The molecule has 1 N–H and O–H groups in total. The Labute approximate surface area is 138 Å². The lowest BCUT2D eigenvalue weighted by Gasteiger charge is -2.33. The van der Waals surface area contributed by atoms with Crippen LogP contribution in [0.25, 0.3) is 0 Å². The van der Waals surface area contributed by atoms with E-state index in [0.29, 0.717) is 30.8 Å². The lowest BCUT2D eigenvalue weighted by atomic mass is 9.84. The average Bonchev–Trinajstić information content (AvgIpc) is 2.46. The first-order valence-electron chi connectivity index (χ1n) is 8.34. The van der Waals surface area contributed by atoms with E-state index < -0.39 is 10.0 Å². The molecular formula is C17H24N2O3S. The van der Waals surface area contributed by atoms with E-state index in [4.69, 9.17) is 0 Å². The van der Waals surface area contributed by atoms with Gasteiger partial charge in [0.2, 0.25) is 15.9 Å². The summed E-state index contributed by atoms with van der Waals surface area (Å²) in [5.74, 6) is 0.334. The minimum Gasteiger partial charge on any atom is -0.353 e. The molecule has 2 aliphatic rings. The molecule has 5 nitrogen and oxygen atoms in total. The molecule has 1 saturated carbocycles. The van der Waals surface area contributed by atoms with Gasteiger partial charge in [0.1, 0.15) is 0 Å². The highest BCUT2D eigenvalue weighted by Crippen LogP contribution is 2.27. The molecule has 1 aliphatic carbocycles. The molecule has 0 atom stereocenters. The minimum absolute atomic E-state index is 0.104. The summed E-state index contributed by atoms with van der Waals surface area (Å²) >= 11 is 0. The van der Waals surface area contributed by atoms with Gasteiger partial charge in [-0.1, -0.05) is 24.1 Å². The summed E-state index contributed by atoms with van der Waals surface area (Å²) in [6, 6.07) is 7.06. The van der Waals surface area contributed by atoms with Gasteiger partial charge in [0.15, 0.2) is 0 Å². The lowest BCUT2D eigenvalue weighted by molar-refractivity contribution is -0.128. The Bertz CT molecular complexity index is 658. The van der Waals surface area contributed by atoms with E-state index >= 15 is 0 Å². The van der Waals surface area contributed by atoms with Gasteiger partial charge in [0.25, 0.3) is 0 Å². The van der Waals surface area contributed by atoms with Gasteiger partial charge in [0, 0.05) is 25.0 Å². The molecule has 2 fully saturated rings. The van der Waals surface area contributed by atoms with Gasteiger partial charge in [-0.3, -0.25) is 4.79 Å². The first-order chi connectivity index (χ1) is 11.0. The molecule has 1 heterocycles. The smallest absolute Gasteiger partial charge is 0.243 e. The number of carbonyl (C=O) groups excluding carboxylic acids is 1. The van der Waals surface area contributed by atoms with Crippen molar-refractivity contribution in [1.82, 2.24) is 9.62 Å². The van der Waals surface area contributed by atoms with E-state index in [9.17, 15) is 13.2 Å². The van der Waals surface area contributed by atoms with Gasteiger partial charge in [0.05, 0.1) is 4.90 Å². The second-order valence-electron chi connectivity index (χ2n) is 6.63. The number of nitrogens with one attached hydrogen (secondary N) is 1. The topological polar surface area (TPSA) is 66.5 Å². The molecule has 126 valence electrons. The fraction of sp³-hybridized carbons (Fsp3) is 0.588. The Hall–Kier alpha value is -1.40. The minimum atomic E-state index is -3.42. The molecule has 0 bridgehead atoms. The van der Waals surface area contributed by atoms with Crippen molar-refractivity contribution in [3.8, 4) is 0 Å². The standard InChI is InChI=1S/C17H24N2O3S/c1-13-5-7-16(8-6-13)23(21,22)19-11-9-15(10-12-19)18-17(20)14-3-2-4-14/h5-8,14-15H,2-4,9-12H2,1H3,(H,18,20). The van der Waals surface area contributed by atoms with E-state index in [1.807, 2.05) is 19.1 Å². The molecule has 0 aromatic heterocycles. The summed E-state index contributed by atoms with van der Waals surface area (Å²) in [6.45, 7) is 2.87. The van der Waals surface area contributed by atoms with Crippen LogP contribution in [0.2, 0.25) is 0 Å². The SMILES string of the molecule is Cc1ccc(S(=O)(=O)N2CCC(NC(=O)C3CCC3)CC2)cc1. The number of amides is 1. The molecule has 6 heteroatoms. The van der Waals surface area contributed by atoms with E-state index in [-0.39, 0.29) is 17.9 Å². The molecule has 1 aromatic rings. The van der Waals surface area contributed by atoms with Crippen molar-refractivity contribution in [2.75, 3.05) is 13.1 Å². The molecule has 23 heavy (non-hydrogen) atoms. The number of nitrogens with zero attached hydrogens (tertiary/aromatic N) is 1. The van der Waals surface area contributed by atoms with Crippen molar-refractivity contribution >= 4 is 15.9 Å². The predicted molar refractivity (Wildman–Crippen MR) is 88.4 cm³/mol. The van der Waals surface area contributed by atoms with Crippen molar-refractivity contribution < 1.29 is 13.2 Å². The summed E-state index contributed by atoms with van der Waals surface area (Å²) in [6.07, 6.45) is 4.50. The van der Waals surface area contributed by atoms with E-state index in [2.05, 4.69) is 5.32 Å². The molecule has 0 spiro atoms. The zero-order chi connectivity index (χ0) is 16.4. The second-order valence-corrected chi connectivity index (χ2v) is 8.57. The number of sulfonamides is 1. The summed E-state index contributed by atoms with van der Waals surface area (Å²) in [5, 5.41) is 3.08. The third kappa shape index (κ3) is 3.58. The number of aryl methyl sites for hydroxylation is 1. The first-order valence-corrected chi connectivity index (χ1v) is 9.78. The largest absolute Gasteiger partial charge is 0.353 e. The zero-order valence-corrected chi connectivity index (χ0v) is 14.3. The van der Waals surface area contributed by atoms with Crippen LogP contribution in [-0.4, -0.2) is 37.8 Å². The fourth-order valence-corrected chi connectivity index (χ4v) is 4.56. The van der Waals surface area contributed by atoms with Crippen LogP contribution in [0.15, 0.2) is 29.2 Å². The Morgan fingerprint density at radius 3 is 2.22 bits per heavy atom. The zero-order valence-electron chi connectivity index (χ0n) is 13.5. The Morgan fingerprint density at radius 2 is 1.70 bits per heavy atom. The molecule has 1 aromatic carbocycles. The van der Waals surface area contributed by atoms with Gasteiger partial charge in [-0.25, -0.2) is 8.42 Å². The quantitative estimate of drug-likeness (QED) is 0.915. The normalized spacial score (nSPS) is 20.9. The Balaban J connectivity index is 1.57. The number of hydrogen-bond donors (Lipinski definition) is 1. The molecule has 3 rings (SSSR count). The Morgan fingerprint density at radius 1 is 1.09 bits per heavy atom. The number of rotatable bonds is 4. The molecule has 1 aliphatic heterocycles. The van der Waals surface area contributed by atoms with Gasteiger partial charge < -0.3 is 5.32 Å². The van der Waals surface area contributed by atoms with Crippen LogP contribution in [0.3, 0.4) is 0 Å². The van der Waals surface area contributed by atoms with Crippen molar-refractivity contribution in [3.63, 3.8) is 0 Å². The maximum absolute atomic E-state index is 12.6. The van der Waals surface area contributed by atoms with Crippen molar-refractivity contribution in [2.24, 2.45) is 5.92 Å². The third-order valence-corrected chi connectivity index (χ3v) is 6.85. The van der Waals surface area contributed by atoms with Crippen molar-refractivity contribution in [2.45, 2.75) is 50.0 Å². The van der Waals surface area contributed by atoms with Crippen LogP contribution in [-0.2, 0) is 14.8 Å². The highest BCUT2D eigenvalue weighted by molar-refractivity contribution is 7.89. The fourth-order valence-electron chi connectivity index (χ4n) is 3.09. The van der Waals surface area contributed by atoms with Gasteiger partial charge in [-0.05, 0) is 44.7 Å². The molecule has 0 radical (unpaired) electrons. The highest BCUT2D eigenvalue weighted by Gasteiger charge is 2.32. The monoisotopic (exact) mass is 336 g/mol.